The molecule has 21 heavy (non-hydrogen) atoms. The fourth-order valence-corrected chi connectivity index (χ4v) is 2.31. The quantitative estimate of drug-likeness (QED) is 0.920. The van der Waals surface area contributed by atoms with E-state index in [4.69, 9.17) is 4.74 Å². The van der Waals surface area contributed by atoms with Crippen LogP contribution in [-0.2, 0) is 17.8 Å². The highest BCUT2D eigenvalue weighted by atomic mass is 16.5. The molecule has 2 aromatic rings. The minimum Gasteiger partial charge on any atom is -0.496 e. The fraction of sp³-hybridized carbons (Fsp3) is 0.375. The van der Waals surface area contributed by atoms with Crippen molar-refractivity contribution in [1.29, 1.82) is 0 Å². The van der Waals surface area contributed by atoms with Crippen molar-refractivity contribution >= 4 is 11.7 Å². The van der Waals surface area contributed by atoms with E-state index in [0.717, 1.165) is 34.9 Å². The molecule has 0 aliphatic carbocycles. The van der Waals surface area contributed by atoms with E-state index in [-0.39, 0.29) is 5.91 Å². The van der Waals surface area contributed by atoms with Gasteiger partial charge in [0.25, 0.3) is 0 Å². The Morgan fingerprint density at radius 3 is 2.71 bits per heavy atom. The van der Waals surface area contributed by atoms with Gasteiger partial charge in [0, 0.05) is 12.6 Å². The fourth-order valence-electron chi connectivity index (χ4n) is 2.31. The second-order valence-corrected chi connectivity index (χ2v) is 5.02. The molecule has 0 aliphatic heterocycles. The lowest BCUT2D eigenvalue weighted by Gasteiger charge is -2.09. The summed E-state index contributed by atoms with van der Waals surface area (Å²) >= 11 is 0. The molecule has 1 N–H and O–H groups in total. The molecule has 0 unspecified atom stereocenters. The molecule has 0 fully saturated rings. The molecule has 2 rings (SSSR count). The Hall–Kier alpha value is -2.30. The summed E-state index contributed by atoms with van der Waals surface area (Å²) < 4.78 is 7.01. The monoisotopic (exact) mass is 287 g/mol. The first kappa shape index (κ1) is 15.1. The topological polar surface area (TPSA) is 56.2 Å². The largest absolute Gasteiger partial charge is 0.496 e. The van der Waals surface area contributed by atoms with Crippen LogP contribution in [0.25, 0.3) is 0 Å². The second kappa shape index (κ2) is 6.43. The number of amides is 1. The van der Waals surface area contributed by atoms with E-state index in [1.807, 2.05) is 45.0 Å². The van der Waals surface area contributed by atoms with Crippen LogP contribution in [0.4, 0.5) is 5.82 Å². The lowest BCUT2D eigenvalue weighted by molar-refractivity contribution is -0.115. The Morgan fingerprint density at radius 1 is 1.33 bits per heavy atom. The molecule has 0 saturated carbocycles. The van der Waals surface area contributed by atoms with Crippen molar-refractivity contribution in [1.82, 2.24) is 9.78 Å². The molecular weight excluding hydrogens is 266 g/mol. The smallest absolute Gasteiger partial charge is 0.229 e. The number of hydrogen-bond acceptors (Lipinski definition) is 3. The number of anilines is 1. The summed E-state index contributed by atoms with van der Waals surface area (Å²) in [7, 11) is 1.64. The molecule has 5 heteroatoms. The minimum absolute atomic E-state index is 0.0471. The lowest BCUT2D eigenvalue weighted by atomic mass is 10.1. The molecule has 112 valence electrons. The molecule has 0 spiro atoms. The van der Waals surface area contributed by atoms with Gasteiger partial charge in [-0.1, -0.05) is 12.1 Å². The molecule has 1 aromatic carbocycles. The average molecular weight is 287 g/mol. The third kappa shape index (κ3) is 3.62. The van der Waals surface area contributed by atoms with Gasteiger partial charge in [0.1, 0.15) is 11.6 Å². The number of aromatic nitrogens is 2. The van der Waals surface area contributed by atoms with Crippen LogP contribution in [0, 0.1) is 13.8 Å². The summed E-state index contributed by atoms with van der Waals surface area (Å²) in [6, 6.07) is 7.65. The maximum Gasteiger partial charge on any atom is 0.229 e. The highest BCUT2D eigenvalue weighted by Gasteiger charge is 2.10. The summed E-state index contributed by atoms with van der Waals surface area (Å²) in [4.78, 5) is 12.1. The first-order valence-electron chi connectivity index (χ1n) is 7.01. The van der Waals surface area contributed by atoms with E-state index in [2.05, 4.69) is 10.4 Å². The molecule has 1 aromatic heterocycles. The Labute approximate surface area is 124 Å². The minimum atomic E-state index is -0.0471. The van der Waals surface area contributed by atoms with Crippen molar-refractivity contribution in [3.63, 3.8) is 0 Å². The Morgan fingerprint density at radius 2 is 2.10 bits per heavy atom. The number of nitrogens with one attached hydrogen (secondary N) is 1. The van der Waals surface area contributed by atoms with Gasteiger partial charge in [0.2, 0.25) is 5.91 Å². The van der Waals surface area contributed by atoms with E-state index in [1.54, 1.807) is 11.8 Å². The normalized spacial score (nSPS) is 10.5. The van der Waals surface area contributed by atoms with Crippen LogP contribution in [0.2, 0.25) is 0 Å². The van der Waals surface area contributed by atoms with Gasteiger partial charge in [-0.2, -0.15) is 5.10 Å². The molecule has 0 saturated heterocycles. The van der Waals surface area contributed by atoms with E-state index in [1.165, 1.54) is 0 Å². The average Bonchev–Trinajstić information content (AvgIpc) is 2.78. The first-order valence-corrected chi connectivity index (χ1v) is 7.01. The highest BCUT2D eigenvalue weighted by molar-refractivity contribution is 5.91. The summed E-state index contributed by atoms with van der Waals surface area (Å²) in [5.41, 5.74) is 2.88. The zero-order chi connectivity index (χ0) is 15.4. The molecule has 1 amide bonds. The number of ether oxygens (including phenoxy) is 1. The molecule has 5 nitrogen and oxygen atoms in total. The van der Waals surface area contributed by atoms with Gasteiger partial charge in [-0.05, 0) is 38.0 Å². The third-order valence-electron chi connectivity index (χ3n) is 3.29. The van der Waals surface area contributed by atoms with Crippen LogP contribution in [-0.4, -0.2) is 22.8 Å². The van der Waals surface area contributed by atoms with E-state index in [9.17, 15) is 4.79 Å². The van der Waals surface area contributed by atoms with E-state index < -0.39 is 0 Å². The van der Waals surface area contributed by atoms with Crippen LogP contribution < -0.4 is 10.1 Å². The number of rotatable bonds is 5. The molecular formula is C16H21N3O2. The van der Waals surface area contributed by atoms with Crippen LogP contribution >= 0.6 is 0 Å². The summed E-state index contributed by atoms with van der Waals surface area (Å²) in [5, 5.41) is 7.22. The second-order valence-electron chi connectivity index (χ2n) is 5.02. The number of hydrogen-bond donors (Lipinski definition) is 1. The van der Waals surface area contributed by atoms with Crippen LogP contribution in [0.5, 0.6) is 5.75 Å². The van der Waals surface area contributed by atoms with Crippen molar-refractivity contribution in [2.45, 2.75) is 33.7 Å². The van der Waals surface area contributed by atoms with Gasteiger partial charge in [-0.15, -0.1) is 0 Å². The number of carbonyl (C=O) groups is 1. The number of aryl methyl sites for hydroxylation is 3. The zero-order valence-electron chi connectivity index (χ0n) is 12.9. The van der Waals surface area contributed by atoms with Crippen molar-refractivity contribution in [2.24, 2.45) is 0 Å². The maximum absolute atomic E-state index is 12.1. The number of benzene rings is 1. The molecule has 0 atom stereocenters. The van der Waals surface area contributed by atoms with Crippen molar-refractivity contribution in [2.75, 3.05) is 12.4 Å². The van der Waals surface area contributed by atoms with Crippen molar-refractivity contribution < 1.29 is 9.53 Å². The number of methoxy groups -OCH3 is 1. The Balaban J connectivity index is 2.06. The van der Waals surface area contributed by atoms with Gasteiger partial charge < -0.3 is 10.1 Å². The van der Waals surface area contributed by atoms with Crippen LogP contribution in [0.3, 0.4) is 0 Å². The molecule has 1 heterocycles. The maximum atomic E-state index is 12.1. The lowest BCUT2D eigenvalue weighted by Crippen LogP contribution is -2.17. The standard InChI is InChI=1S/C16H21N3O2/c1-5-19-15(9-12(3)18-19)17-16(20)10-13-6-7-14(21-4)11(2)8-13/h6-9H,5,10H2,1-4H3,(H,17,20). The van der Waals surface area contributed by atoms with Gasteiger partial charge in [-0.25, -0.2) is 4.68 Å². The van der Waals surface area contributed by atoms with Gasteiger partial charge in [0.15, 0.2) is 0 Å². The summed E-state index contributed by atoms with van der Waals surface area (Å²) in [5.74, 6) is 1.53. The molecule has 0 radical (unpaired) electrons. The van der Waals surface area contributed by atoms with Crippen LogP contribution in [0.15, 0.2) is 24.3 Å². The Bertz CT molecular complexity index is 647. The summed E-state index contributed by atoms with van der Waals surface area (Å²) in [6.07, 6.45) is 0.332. The van der Waals surface area contributed by atoms with Crippen LogP contribution in [0.1, 0.15) is 23.7 Å². The van der Waals surface area contributed by atoms with E-state index in [0.29, 0.717) is 6.42 Å². The summed E-state index contributed by atoms with van der Waals surface area (Å²) in [6.45, 7) is 6.60. The highest BCUT2D eigenvalue weighted by Crippen LogP contribution is 2.19. The first-order chi connectivity index (χ1) is 10.0. The van der Waals surface area contributed by atoms with Gasteiger partial charge in [-0.3, -0.25) is 4.79 Å². The third-order valence-corrected chi connectivity index (χ3v) is 3.29. The van der Waals surface area contributed by atoms with Gasteiger partial charge >= 0.3 is 0 Å². The van der Waals surface area contributed by atoms with Crippen molar-refractivity contribution in [3.05, 3.63) is 41.1 Å². The predicted molar refractivity (Wildman–Crippen MR) is 82.7 cm³/mol. The zero-order valence-corrected chi connectivity index (χ0v) is 12.9. The SMILES string of the molecule is CCn1nc(C)cc1NC(=O)Cc1ccc(OC)c(C)c1. The molecule has 0 aliphatic rings. The number of carbonyl (C=O) groups excluding carboxylic acids is 1. The number of nitrogens with zero attached hydrogens (tertiary/aromatic N) is 2. The predicted octanol–water partition coefficient (Wildman–Crippen LogP) is 2.71. The van der Waals surface area contributed by atoms with Crippen molar-refractivity contribution in [3.8, 4) is 5.75 Å². The molecule has 0 bridgehead atoms. The Kier molecular flexibility index (Phi) is 4.62. The van der Waals surface area contributed by atoms with E-state index >= 15 is 0 Å². The van der Waals surface area contributed by atoms with Gasteiger partial charge in [0.05, 0.1) is 19.2 Å².